The Hall–Kier alpha value is -3.50. The van der Waals surface area contributed by atoms with Crippen molar-refractivity contribution in [3.8, 4) is 11.1 Å². The summed E-state index contributed by atoms with van der Waals surface area (Å²) in [6.45, 7) is 16.2. The second kappa shape index (κ2) is 15.2. The Morgan fingerprint density at radius 2 is 1.65 bits per heavy atom. The maximum atomic E-state index is 14.2. The minimum absolute atomic E-state index is 0.0906. The summed E-state index contributed by atoms with van der Waals surface area (Å²) in [5.74, 6) is 0.683. The Morgan fingerprint density at radius 3 is 2.37 bits per heavy atom. The van der Waals surface area contributed by atoms with Crippen LogP contribution in [0.1, 0.15) is 76.5 Å². The lowest BCUT2D eigenvalue weighted by Crippen LogP contribution is -2.40. The molecular formula is C40H53N5O4. The Balaban J connectivity index is 1.16. The minimum Gasteiger partial charge on any atom is -0.381 e. The molecule has 0 unspecified atom stereocenters. The molecule has 0 atom stereocenters. The maximum Gasteiger partial charge on any atom is 0.253 e. The smallest absolute Gasteiger partial charge is 0.253 e. The number of carbonyl (C=O) groups is 1. The fraction of sp³-hybridized carbons (Fsp3) is 0.550. The molecule has 262 valence electrons. The number of rotatable bonds is 11. The standard InChI is InChI=1S/C40H53N5O4/c1-4-45(33-12-17-48-18-13-33)38-22-32(31-9-7-30(8-10-31)24-43-15-19-49-20-16-43)21-35(27(38)2)39(46)41-23-36-34-11-14-44(25-29-5-6-29)26-37(34)28(3)42-40(36)47/h7-10,21-22,29,33H,4-6,11-20,23-26H2,1-3H3,(H,41,46)(H,42,47). The van der Waals surface area contributed by atoms with Gasteiger partial charge in [-0.3, -0.25) is 19.4 Å². The van der Waals surface area contributed by atoms with E-state index < -0.39 is 0 Å². The number of aromatic nitrogens is 1. The zero-order valence-corrected chi connectivity index (χ0v) is 29.6. The molecule has 4 aliphatic rings. The molecule has 4 heterocycles. The quantitative estimate of drug-likeness (QED) is 0.291. The monoisotopic (exact) mass is 667 g/mol. The van der Waals surface area contributed by atoms with Crippen LogP contribution >= 0.6 is 0 Å². The first kappa shape index (κ1) is 34.0. The Bertz CT molecular complexity index is 1690. The summed E-state index contributed by atoms with van der Waals surface area (Å²) in [5, 5.41) is 3.19. The molecule has 3 aliphatic heterocycles. The van der Waals surface area contributed by atoms with Crippen molar-refractivity contribution in [1.82, 2.24) is 20.1 Å². The van der Waals surface area contributed by atoms with Gasteiger partial charge in [-0.05, 0) is 104 Å². The van der Waals surface area contributed by atoms with Gasteiger partial charge in [0.25, 0.3) is 11.5 Å². The first-order chi connectivity index (χ1) is 23.9. The summed E-state index contributed by atoms with van der Waals surface area (Å²) in [6, 6.07) is 13.4. The molecule has 1 saturated carbocycles. The fourth-order valence-corrected chi connectivity index (χ4v) is 8.07. The number of benzene rings is 2. The van der Waals surface area contributed by atoms with Crippen LogP contribution in [0.15, 0.2) is 41.2 Å². The minimum atomic E-state index is -0.146. The van der Waals surface area contributed by atoms with Gasteiger partial charge in [-0.15, -0.1) is 0 Å². The largest absolute Gasteiger partial charge is 0.381 e. The molecule has 2 N–H and O–H groups in total. The third-order valence-electron chi connectivity index (χ3n) is 11.2. The van der Waals surface area contributed by atoms with Crippen LogP contribution in [-0.4, -0.2) is 85.9 Å². The van der Waals surface area contributed by atoms with Gasteiger partial charge in [0.15, 0.2) is 0 Å². The molecule has 1 aliphatic carbocycles. The van der Waals surface area contributed by atoms with Gasteiger partial charge in [-0.25, -0.2) is 0 Å². The van der Waals surface area contributed by atoms with Crippen molar-refractivity contribution in [2.75, 3.05) is 64.1 Å². The van der Waals surface area contributed by atoms with Gasteiger partial charge in [0.1, 0.15) is 0 Å². The Labute approximate surface area is 291 Å². The van der Waals surface area contributed by atoms with Crippen LogP contribution < -0.4 is 15.8 Å². The van der Waals surface area contributed by atoms with E-state index in [9.17, 15) is 9.59 Å². The number of carbonyl (C=O) groups excluding carboxylic acids is 1. The van der Waals surface area contributed by atoms with Crippen molar-refractivity contribution in [1.29, 1.82) is 0 Å². The maximum absolute atomic E-state index is 14.2. The second-order valence-electron chi connectivity index (χ2n) is 14.5. The van der Waals surface area contributed by atoms with Crippen LogP contribution in [0.5, 0.6) is 0 Å². The number of hydrogen-bond acceptors (Lipinski definition) is 7. The second-order valence-corrected chi connectivity index (χ2v) is 14.5. The summed E-state index contributed by atoms with van der Waals surface area (Å²) < 4.78 is 11.2. The van der Waals surface area contributed by atoms with E-state index in [-0.39, 0.29) is 18.0 Å². The van der Waals surface area contributed by atoms with Gasteiger partial charge in [-0.1, -0.05) is 24.3 Å². The topological polar surface area (TPSA) is 90.1 Å². The van der Waals surface area contributed by atoms with Crippen molar-refractivity contribution in [3.63, 3.8) is 0 Å². The summed E-state index contributed by atoms with van der Waals surface area (Å²) in [4.78, 5) is 38.0. The van der Waals surface area contributed by atoms with E-state index >= 15 is 0 Å². The van der Waals surface area contributed by atoms with Gasteiger partial charge in [-0.2, -0.15) is 0 Å². The number of aryl methyl sites for hydroxylation is 1. The van der Waals surface area contributed by atoms with E-state index in [1.807, 2.05) is 13.0 Å². The van der Waals surface area contributed by atoms with Gasteiger partial charge in [0.05, 0.1) is 13.2 Å². The van der Waals surface area contributed by atoms with Gasteiger partial charge < -0.3 is 24.7 Å². The van der Waals surface area contributed by atoms with Gasteiger partial charge in [0, 0.05) is 94.1 Å². The lowest BCUT2D eigenvalue weighted by atomic mass is 9.93. The Kier molecular flexibility index (Phi) is 10.5. The van der Waals surface area contributed by atoms with Crippen molar-refractivity contribution < 1.29 is 14.3 Å². The molecule has 2 saturated heterocycles. The average Bonchev–Trinajstić information content (AvgIpc) is 3.94. The summed E-state index contributed by atoms with van der Waals surface area (Å²) in [5.41, 5.74) is 10.0. The number of pyridine rings is 1. The highest BCUT2D eigenvalue weighted by atomic mass is 16.5. The highest BCUT2D eigenvalue weighted by Gasteiger charge is 2.29. The summed E-state index contributed by atoms with van der Waals surface area (Å²) in [7, 11) is 0. The highest BCUT2D eigenvalue weighted by Crippen LogP contribution is 2.35. The third kappa shape index (κ3) is 7.80. The van der Waals surface area contributed by atoms with Gasteiger partial charge >= 0.3 is 0 Å². The van der Waals surface area contributed by atoms with Crippen molar-refractivity contribution in [3.05, 3.63) is 85.8 Å². The molecule has 49 heavy (non-hydrogen) atoms. The molecule has 3 aromatic rings. The van der Waals surface area contributed by atoms with E-state index in [1.54, 1.807) is 0 Å². The average molecular weight is 668 g/mol. The number of nitrogens with zero attached hydrogens (tertiary/aromatic N) is 3. The lowest BCUT2D eigenvalue weighted by molar-refractivity contribution is 0.0342. The highest BCUT2D eigenvalue weighted by molar-refractivity contribution is 5.99. The van der Waals surface area contributed by atoms with Crippen molar-refractivity contribution in [2.24, 2.45) is 5.92 Å². The molecule has 0 radical (unpaired) electrons. The molecule has 0 bridgehead atoms. The first-order valence-electron chi connectivity index (χ1n) is 18.5. The number of aromatic amines is 1. The molecule has 9 nitrogen and oxygen atoms in total. The predicted octanol–water partition coefficient (Wildman–Crippen LogP) is 5.19. The van der Waals surface area contributed by atoms with Crippen LogP contribution in [-0.2, 0) is 35.5 Å². The number of hydrogen-bond donors (Lipinski definition) is 2. The first-order valence-corrected chi connectivity index (χ1v) is 18.5. The Morgan fingerprint density at radius 1 is 0.918 bits per heavy atom. The molecule has 2 aromatic carbocycles. The van der Waals surface area contributed by atoms with Crippen molar-refractivity contribution in [2.45, 2.75) is 78.6 Å². The van der Waals surface area contributed by atoms with Crippen molar-refractivity contribution >= 4 is 11.6 Å². The third-order valence-corrected chi connectivity index (χ3v) is 11.2. The normalized spacial score (nSPS) is 19.1. The molecule has 9 heteroatoms. The SMILES string of the molecule is CCN(c1cc(-c2ccc(CN3CCOCC3)cc2)cc(C(=O)NCc2c3c(c(C)[nH]c2=O)CN(CC2CC2)CC3)c1C)C1CCOCC1. The number of nitrogens with one attached hydrogen (secondary N) is 2. The molecule has 3 fully saturated rings. The number of morpholine rings is 1. The predicted molar refractivity (Wildman–Crippen MR) is 194 cm³/mol. The number of anilines is 1. The van der Waals surface area contributed by atoms with Crippen LogP contribution in [0.25, 0.3) is 11.1 Å². The molecule has 0 spiro atoms. The van der Waals surface area contributed by atoms with E-state index in [0.717, 1.165) is 131 Å². The van der Waals surface area contributed by atoms with Gasteiger partial charge in [0.2, 0.25) is 0 Å². The zero-order chi connectivity index (χ0) is 33.9. The zero-order valence-electron chi connectivity index (χ0n) is 29.6. The number of amides is 1. The van der Waals surface area contributed by atoms with E-state index in [0.29, 0.717) is 17.2 Å². The number of ether oxygens (including phenoxy) is 2. The van der Waals surface area contributed by atoms with Crippen LogP contribution in [0.4, 0.5) is 5.69 Å². The number of fused-ring (bicyclic) bond motifs is 1. The van der Waals surface area contributed by atoms with E-state index in [4.69, 9.17) is 9.47 Å². The fourth-order valence-electron chi connectivity index (χ4n) is 8.07. The molecule has 1 amide bonds. The van der Waals surface area contributed by atoms with Crippen LogP contribution in [0.3, 0.4) is 0 Å². The molecule has 1 aromatic heterocycles. The lowest BCUT2D eigenvalue weighted by Gasteiger charge is -2.37. The van der Waals surface area contributed by atoms with E-state index in [1.165, 1.54) is 24.0 Å². The molecular weight excluding hydrogens is 614 g/mol. The van der Waals surface area contributed by atoms with E-state index in [2.05, 4.69) is 69.2 Å². The number of H-pyrrole nitrogens is 1. The molecule has 7 rings (SSSR count). The van der Waals surface area contributed by atoms with Crippen LogP contribution in [0, 0.1) is 19.8 Å². The summed E-state index contributed by atoms with van der Waals surface area (Å²) >= 11 is 0. The van der Waals surface area contributed by atoms with Crippen LogP contribution in [0.2, 0.25) is 0 Å². The summed E-state index contributed by atoms with van der Waals surface area (Å²) in [6.07, 6.45) is 5.44.